The zero-order valence-corrected chi connectivity index (χ0v) is 21.3. The van der Waals surface area contributed by atoms with Crippen molar-refractivity contribution in [3.8, 4) is 0 Å². The van der Waals surface area contributed by atoms with Crippen LogP contribution in [0.15, 0.2) is 48.5 Å². The van der Waals surface area contributed by atoms with Crippen LogP contribution in [0.3, 0.4) is 0 Å². The number of carbonyl (C=O) groups excluding carboxylic acids is 3. The fourth-order valence-electron chi connectivity index (χ4n) is 3.34. The van der Waals surface area contributed by atoms with Crippen LogP contribution in [0, 0.1) is 12.8 Å². The normalized spacial score (nSPS) is 12.1. The first-order chi connectivity index (χ1) is 15.9. The van der Waals surface area contributed by atoms with Crippen molar-refractivity contribution in [1.29, 1.82) is 0 Å². The van der Waals surface area contributed by atoms with Gasteiger partial charge in [0.15, 0.2) is 0 Å². The van der Waals surface area contributed by atoms with Crippen molar-refractivity contribution in [1.82, 2.24) is 10.2 Å². The average molecular weight is 468 g/mol. The molecule has 2 N–H and O–H groups in total. The van der Waals surface area contributed by atoms with Gasteiger partial charge in [-0.1, -0.05) is 55.8 Å². The van der Waals surface area contributed by atoms with Crippen LogP contribution in [-0.4, -0.2) is 41.5 Å². The van der Waals surface area contributed by atoms with Gasteiger partial charge in [0.05, 0.1) is 11.3 Å². The Balaban J connectivity index is 2.16. The van der Waals surface area contributed by atoms with E-state index >= 15 is 0 Å². The summed E-state index contributed by atoms with van der Waals surface area (Å²) in [6.07, 6.45) is -0.124. The van der Waals surface area contributed by atoms with Crippen LogP contribution in [0.2, 0.25) is 0 Å². The second-order valence-electron chi connectivity index (χ2n) is 9.94. The molecule has 0 bridgehead atoms. The van der Waals surface area contributed by atoms with Gasteiger partial charge in [-0.25, -0.2) is 4.79 Å². The third kappa shape index (κ3) is 8.21. The molecule has 0 fully saturated rings. The number of hydrogen-bond acceptors (Lipinski definition) is 4. The minimum absolute atomic E-state index is 0.161. The summed E-state index contributed by atoms with van der Waals surface area (Å²) in [4.78, 5) is 40.1. The molecule has 3 amide bonds. The third-order valence-corrected chi connectivity index (χ3v) is 5.15. The topological polar surface area (TPSA) is 87.7 Å². The average Bonchev–Trinajstić information content (AvgIpc) is 2.75. The summed E-state index contributed by atoms with van der Waals surface area (Å²) < 4.78 is 5.45. The molecule has 0 saturated heterocycles. The zero-order valence-electron chi connectivity index (χ0n) is 21.3. The molecule has 0 aliphatic carbocycles. The van der Waals surface area contributed by atoms with E-state index < -0.39 is 17.7 Å². The Labute approximate surface area is 202 Å². The summed E-state index contributed by atoms with van der Waals surface area (Å²) >= 11 is 0. The molecule has 0 saturated carbocycles. The molecular formula is C27H37N3O4. The van der Waals surface area contributed by atoms with Gasteiger partial charge < -0.3 is 15.4 Å². The minimum atomic E-state index is -0.751. The van der Waals surface area contributed by atoms with Crippen molar-refractivity contribution in [2.45, 2.75) is 66.2 Å². The predicted molar refractivity (Wildman–Crippen MR) is 135 cm³/mol. The van der Waals surface area contributed by atoms with Crippen LogP contribution >= 0.6 is 0 Å². The number of nitrogens with one attached hydrogen (secondary N) is 2. The molecule has 0 aromatic heterocycles. The first kappa shape index (κ1) is 26.9. The quantitative estimate of drug-likeness (QED) is 0.562. The molecule has 0 aliphatic heterocycles. The molecule has 2 rings (SSSR count). The number of carbonyl (C=O) groups is 3. The summed E-state index contributed by atoms with van der Waals surface area (Å²) in [6.45, 7) is 11.7. The molecule has 0 spiro atoms. The Hall–Kier alpha value is -3.35. The molecule has 7 nitrogen and oxygen atoms in total. The summed E-state index contributed by atoms with van der Waals surface area (Å²) in [7, 11) is 1.56. The summed E-state index contributed by atoms with van der Waals surface area (Å²) in [5.41, 5.74) is 2.20. The molecule has 0 heterocycles. The fraction of sp³-hybridized carbons (Fsp3) is 0.444. The van der Waals surface area contributed by atoms with Crippen LogP contribution in [0.5, 0.6) is 0 Å². The number of benzene rings is 2. The first-order valence-electron chi connectivity index (χ1n) is 11.6. The monoisotopic (exact) mass is 467 g/mol. The number of anilines is 1. The lowest BCUT2D eigenvalue weighted by Crippen LogP contribution is -2.47. The van der Waals surface area contributed by atoms with Crippen LogP contribution in [0.25, 0.3) is 0 Å². The highest BCUT2D eigenvalue weighted by Gasteiger charge is 2.31. The van der Waals surface area contributed by atoms with E-state index in [0.29, 0.717) is 24.2 Å². The van der Waals surface area contributed by atoms with E-state index in [2.05, 4.69) is 10.6 Å². The standard InChI is InChI=1S/C27H37N3O4/c1-18(2)16-23(30(7)26(33)34-27(4,5)6)25(32)29-22-11-9-8-10-21(22)24(31)28-17-20-14-12-19(3)13-15-20/h8-15,18,23H,16-17H2,1-7H3,(H,28,31)(H,29,32)/t23-/m0/s1. The Morgan fingerprint density at radius 1 is 1.00 bits per heavy atom. The third-order valence-electron chi connectivity index (χ3n) is 5.15. The summed E-state index contributed by atoms with van der Waals surface area (Å²) in [6, 6.07) is 14.0. The minimum Gasteiger partial charge on any atom is -0.444 e. The lowest BCUT2D eigenvalue weighted by molar-refractivity contribution is -0.121. The number of para-hydroxylation sites is 1. The van der Waals surface area contributed by atoms with E-state index in [4.69, 9.17) is 4.74 Å². The molecule has 0 unspecified atom stereocenters. The number of ether oxygens (including phenoxy) is 1. The molecule has 0 radical (unpaired) electrons. The maximum absolute atomic E-state index is 13.3. The lowest BCUT2D eigenvalue weighted by Gasteiger charge is -2.31. The van der Waals surface area contributed by atoms with E-state index in [9.17, 15) is 14.4 Å². The molecule has 1 atom stereocenters. The van der Waals surface area contributed by atoms with E-state index in [0.717, 1.165) is 11.1 Å². The number of aryl methyl sites for hydroxylation is 1. The van der Waals surface area contributed by atoms with Crippen LogP contribution < -0.4 is 10.6 Å². The van der Waals surface area contributed by atoms with Gasteiger partial charge in [0, 0.05) is 13.6 Å². The molecule has 7 heteroatoms. The van der Waals surface area contributed by atoms with Gasteiger partial charge in [0.25, 0.3) is 5.91 Å². The van der Waals surface area contributed by atoms with Gasteiger partial charge in [0.1, 0.15) is 11.6 Å². The number of nitrogens with zero attached hydrogens (tertiary/aromatic N) is 1. The zero-order chi connectivity index (χ0) is 25.5. The highest BCUT2D eigenvalue weighted by atomic mass is 16.6. The predicted octanol–water partition coefficient (Wildman–Crippen LogP) is 5.15. The lowest BCUT2D eigenvalue weighted by atomic mass is 10.0. The maximum atomic E-state index is 13.3. The summed E-state index contributed by atoms with van der Waals surface area (Å²) in [5.74, 6) is -0.507. The molecule has 34 heavy (non-hydrogen) atoms. The SMILES string of the molecule is Cc1ccc(CNC(=O)c2ccccc2NC(=O)[C@H](CC(C)C)N(C)C(=O)OC(C)(C)C)cc1. The van der Waals surface area contributed by atoms with Crippen molar-refractivity contribution >= 4 is 23.6 Å². The number of rotatable bonds is 8. The van der Waals surface area contributed by atoms with Crippen molar-refractivity contribution in [3.05, 3.63) is 65.2 Å². The number of amides is 3. The van der Waals surface area contributed by atoms with Gasteiger partial charge >= 0.3 is 6.09 Å². The second-order valence-corrected chi connectivity index (χ2v) is 9.94. The number of hydrogen-bond donors (Lipinski definition) is 2. The molecular weight excluding hydrogens is 430 g/mol. The highest BCUT2D eigenvalue weighted by Crippen LogP contribution is 2.20. The van der Waals surface area contributed by atoms with Gasteiger partial charge in [-0.05, 0) is 57.7 Å². The largest absolute Gasteiger partial charge is 0.444 e. The Kier molecular flexibility index (Phi) is 9.24. The second kappa shape index (κ2) is 11.7. The molecule has 184 valence electrons. The van der Waals surface area contributed by atoms with E-state index in [1.54, 1.807) is 52.1 Å². The molecule has 2 aromatic carbocycles. The Morgan fingerprint density at radius 3 is 2.21 bits per heavy atom. The van der Waals surface area contributed by atoms with E-state index in [1.165, 1.54) is 4.90 Å². The molecule has 2 aromatic rings. The molecule has 0 aliphatic rings. The van der Waals surface area contributed by atoms with Crippen LogP contribution in [0.4, 0.5) is 10.5 Å². The van der Waals surface area contributed by atoms with Crippen molar-refractivity contribution in [2.24, 2.45) is 5.92 Å². The van der Waals surface area contributed by atoms with Gasteiger partial charge in [0.2, 0.25) is 5.91 Å². The van der Waals surface area contributed by atoms with Gasteiger partial charge in [-0.3, -0.25) is 14.5 Å². The number of likely N-dealkylation sites (N-methyl/N-ethyl adjacent to an activating group) is 1. The van der Waals surface area contributed by atoms with E-state index in [1.807, 2.05) is 45.0 Å². The van der Waals surface area contributed by atoms with Crippen molar-refractivity contribution in [3.63, 3.8) is 0 Å². The fourth-order valence-corrected chi connectivity index (χ4v) is 3.34. The summed E-state index contributed by atoms with van der Waals surface area (Å²) in [5, 5.41) is 5.75. The van der Waals surface area contributed by atoms with Gasteiger partial charge in [-0.15, -0.1) is 0 Å². The Bertz CT molecular complexity index is 994. The Morgan fingerprint density at radius 2 is 1.62 bits per heavy atom. The van der Waals surface area contributed by atoms with Crippen LogP contribution in [-0.2, 0) is 16.1 Å². The van der Waals surface area contributed by atoms with Crippen molar-refractivity contribution in [2.75, 3.05) is 12.4 Å². The van der Waals surface area contributed by atoms with E-state index in [-0.39, 0.29) is 17.7 Å². The first-order valence-corrected chi connectivity index (χ1v) is 11.6. The van der Waals surface area contributed by atoms with Crippen molar-refractivity contribution < 1.29 is 19.1 Å². The maximum Gasteiger partial charge on any atom is 0.410 e. The van der Waals surface area contributed by atoms with Crippen LogP contribution in [0.1, 0.15) is 62.5 Å². The smallest absolute Gasteiger partial charge is 0.410 e. The van der Waals surface area contributed by atoms with Gasteiger partial charge in [-0.2, -0.15) is 0 Å². The highest BCUT2D eigenvalue weighted by molar-refractivity contribution is 6.05.